The molecule has 2 unspecified atom stereocenters. The van der Waals surface area contributed by atoms with Crippen molar-refractivity contribution in [2.75, 3.05) is 13.6 Å². The molecule has 0 aromatic heterocycles. The van der Waals surface area contributed by atoms with Crippen molar-refractivity contribution in [1.82, 2.24) is 4.90 Å². The van der Waals surface area contributed by atoms with Gasteiger partial charge in [-0.25, -0.2) is 0 Å². The molecule has 0 amide bonds. The zero-order valence-electron chi connectivity index (χ0n) is 11.1. The van der Waals surface area contributed by atoms with Gasteiger partial charge in [0, 0.05) is 6.04 Å². The highest BCUT2D eigenvalue weighted by atomic mass is 16.5. The van der Waals surface area contributed by atoms with E-state index >= 15 is 0 Å². The number of hydrogen-bond acceptors (Lipinski definition) is 3. The van der Waals surface area contributed by atoms with E-state index in [4.69, 9.17) is 4.74 Å². The maximum Gasteiger partial charge on any atom is 0.153 e. The Morgan fingerprint density at radius 3 is 2.89 bits per heavy atom. The van der Waals surface area contributed by atoms with Crippen LogP contribution in [0.25, 0.3) is 0 Å². The minimum absolute atomic E-state index is 0.108. The zero-order valence-corrected chi connectivity index (χ0v) is 11.1. The van der Waals surface area contributed by atoms with Gasteiger partial charge in [0.1, 0.15) is 11.9 Å². The van der Waals surface area contributed by atoms with Crippen molar-refractivity contribution < 1.29 is 9.53 Å². The molecule has 1 aromatic carbocycles. The summed E-state index contributed by atoms with van der Waals surface area (Å²) in [6.07, 6.45) is 4.66. The van der Waals surface area contributed by atoms with Gasteiger partial charge in [0.15, 0.2) is 6.29 Å². The Kier molecular flexibility index (Phi) is 4.37. The Balaban J connectivity index is 2.05. The lowest BCUT2D eigenvalue weighted by atomic mass is 9.99. The van der Waals surface area contributed by atoms with Gasteiger partial charge in [-0.2, -0.15) is 0 Å². The highest BCUT2D eigenvalue weighted by Crippen LogP contribution is 2.23. The van der Waals surface area contributed by atoms with Gasteiger partial charge in [0.2, 0.25) is 0 Å². The molecule has 0 aliphatic carbocycles. The topological polar surface area (TPSA) is 29.5 Å². The van der Waals surface area contributed by atoms with Crippen molar-refractivity contribution in [3.8, 4) is 5.75 Å². The van der Waals surface area contributed by atoms with E-state index in [1.54, 1.807) is 6.07 Å². The Morgan fingerprint density at radius 2 is 2.17 bits per heavy atom. The molecular weight excluding hydrogens is 226 g/mol. The van der Waals surface area contributed by atoms with Crippen LogP contribution in [0.4, 0.5) is 0 Å². The summed E-state index contributed by atoms with van der Waals surface area (Å²) in [5.74, 6) is 0.693. The number of nitrogens with zero attached hydrogens (tertiary/aromatic N) is 1. The lowest BCUT2D eigenvalue weighted by molar-refractivity contribution is 0.0679. The molecule has 3 heteroatoms. The maximum absolute atomic E-state index is 11.0. The summed E-state index contributed by atoms with van der Waals surface area (Å²) in [7, 11) is 2.15. The Hall–Kier alpha value is -1.35. The minimum atomic E-state index is 0.108. The lowest BCUT2D eigenvalue weighted by Crippen LogP contribution is -2.45. The summed E-state index contributed by atoms with van der Waals surface area (Å²) in [5.41, 5.74) is 0.628. The second-order valence-corrected chi connectivity index (χ2v) is 5.02. The first kappa shape index (κ1) is 13.1. The lowest BCUT2D eigenvalue weighted by Gasteiger charge is -2.36. The highest BCUT2D eigenvalue weighted by Gasteiger charge is 2.26. The summed E-state index contributed by atoms with van der Waals surface area (Å²) < 4.78 is 5.97. The van der Waals surface area contributed by atoms with Crippen molar-refractivity contribution in [3.63, 3.8) is 0 Å². The molecule has 1 aliphatic rings. The molecule has 0 spiro atoms. The number of carbonyl (C=O) groups excluding carboxylic acids is 1. The van der Waals surface area contributed by atoms with E-state index in [1.165, 1.54) is 19.3 Å². The van der Waals surface area contributed by atoms with Crippen LogP contribution >= 0.6 is 0 Å². The fraction of sp³-hybridized carbons (Fsp3) is 0.533. The molecule has 1 saturated heterocycles. The second kappa shape index (κ2) is 6.01. The summed E-state index contributed by atoms with van der Waals surface area (Å²) in [4.78, 5) is 13.3. The van der Waals surface area contributed by atoms with Crippen LogP contribution in [0.5, 0.6) is 5.75 Å². The van der Waals surface area contributed by atoms with Crippen LogP contribution in [0.15, 0.2) is 24.3 Å². The summed E-state index contributed by atoms with van der Waals surface area (Å²) in [6.45, 7) is 3.22. The molecule has 1 aromatic rings. The number of benzene rings is 1. The van der Waals surface area contributed by atoms with Gasteiger partial charge in [0.25, 0.3) is 0 Å². The quantitative estimate of drug-likeness (QED) is 0.766. The second-order valence-electron chi connectivity index (χ2n) is 5.02. The van der Waals surface area contributed by atoms with Gasteiger partial charge >= 0.3 is 0 Å². The third kappa shape index (κ3) is 2.91. The van der Waals surface area contributed by atoms with E-state index in [-0.39, 0.29) is 6.10 Å². The molecule has 2 atom stereocenters. The van der Waals surface area contributed by atoms with Gasteiger partial charge in [-0.1, -0.05) is 18.6 Å². The molecule has 0 radical (unpaired) electrons. The SMILES string of the molecule is CC(Oc1ccccc1C=O)C1CCCCN1C. The fourth-order valence-corrected chi connectivity index (χ4v) is 2.66. The molecule has 1 heterocycles. The van der Waals surface area contributed by atoms with E-state index < -0.39 is 0 Å². The number of rotatable bonds is 4. The van der Waals surface area contributed by atoms with E-state index in [1.807, 2.05) is 18.2 Å². The summed E-state index contributed by atoms with van der Waals surface area (Å²) in [5, 5.41) is 0. The third-order valence-electron chi connectivity index (χ3n) is 3.73. The van der Waals surface area contributed by atoms with Crippen LogP contribution in [0.2, 0.25) is 0 Å². The van der Waals surface area contributed by atoms with Gasteiger partial charge in [-0.15, -0.1) is 0 Å². The van der Waals surface area contributed by atoms with Crippen LogP contribution in [0.1, 0.15) is 36.5 Å². The molecule has 98 valence electrons. The predicted molar refractivity (Wildman–Crippen MR) is 72.2 cm³/mol. The Labute approximate surface area is 109 Å². The van der Waals surface area contributed by atoms with Gasteiger partial charge in [-0.05, 0) is 45.5 Å². The smallest absolute Gasteiger partial charge is 0.153 e. The molecule has 0 saturated carbocycles. The van der Waals surface area contributed by atoms with Crippen molar-refractivity contribution in [1.29, 1.82) is 0 Å². The van der Waals surface area contributed by atoms with Crippen molar-refractivity contribution in [2.45, 2.75) is 38.3 Å². The van der Waals surface area contributed by atoms with Crippen LogP contribution in [-0.2, 0) is 0 Å². The average molecular weight is 247 g/mol. The van der Waals surface area contributed by atoms with E-state index in [0.29, 0.717) is 17.4 Å². The number of likely N-dealkylation sites (N-methyl/N-ethyl adjacent to an activating group) is 1. The van der Waals surface area contributed by atoms with Gasteiger partial charge in [-0.3, -0.25) is 9.69 Å². The number of aldehydes is 1. The van der Waals surface area contributed by atoms with Crippen LogP contribution in [-0.4, -0.2) is 36.9 Å². The number of piperidine rings is 1. The van der Waals surface area contributed by atoms with E-state index in [0.717, 1.165) is 12.8 Å². The number of ether oxygens (including phenoxy) is 1. The molecule has 1 aliphatic heterocycles. The monoisotopic (exact) mass is 247 g/mol. The molecule has 1 fully saturated rings. The Morgan fingerprint density at radius 1 is 1.39 bits per heavy atom. The number of para-hydroxylation sites is 1. The highest BCUT2D eigenvalue weighted by molar-refractivity contribution is 5.79. The zero-order chi connectivity index (χ0) is 13.0. The van der Waals surface area contributed by atoms with E-state index in [2.05, 4.69) is 18.9 Å². The normalized spacial score (nSPS) is 22.4. The maximum atomic E-state index is 11.0. The molecular formula is C15H21NO2. The summed E-state index contributed by atoms with van der Waals surface area (Å²) in [6, 6.07) is 7.86. The van der Waals surface area contributed by atoms with Crippen molar-refractivity contribution in [2.24, 2.45) is 0 Å². The van der Waals surface area contributed by atoms with Crippen LogP contribution in [0, 0.1) is 0 Å². The number of likely N-dealkylation sites (tertiary alicyclic amines) is 1. The van der Waals surface area contributed by atoms with Crippen molar-refractivity contribution >= 4 is 6.29 Å². The molecule has 18 heavy (non-hydrogen) atoms. The number of hydrogen-bond donors (Lipinski definition) is 0. The minimum Gasteiger partial charge on any atom is -0.488 e. The standard InChI is InChI=1S/C15H21NO2/c1-12(14-8-5-6-10-16(14)2)18-15-9-4-3-7-13(15)11-17/h3-4,7,9,11-12,14H,5-6,8,10H2,1-2H3. The molecule has 2 rings (SSSR count). The first-order chi connectivity index (χ1) is 8.72. The Bertz CT molecular complexity index is 405. The summed E-state index contributed by atoms with van der Waals surface area (Å²) >= 11 is 0. The third-order valence-corrected chi connectivity index (χ3v) is 3.73. The van der Waals surface area contributed by atoms with Crippen LogP contribution < -0.4 is 4.74 Å². The fourth-order valence-electron chi connectivity index (χ4n) is 2.66. The largest absolute Gasteiger partial charge is 0.488 e. The van der Waals surface area contributed by atoms with E-state index in [9.17, 15) is 4.79 Å². The van der Waals surface area contributed by atoms with Gasteiger partial charge < -0.3 is 4.74 Å². The first-order valence-electron chi connectivity index (χ1n) is 6.63. The van der Waals surface area contributed by atoms with Crippen LogP contribution in [0.3, 0.4) is 0 Å². The van der Waals surface area contributed by atoms with Crippen molar-refractivity contribution in [3.05, 3.63) is 29.8 Å². The first-order valence-corrected chi connectivity index (χ1v) is 6.63. The molecule has 3 nitrogen and oxygen atoms in total. The predicted octanol–water partition coefficient (Wildman–Crippen LogP) is 2.75. The molecule has 0 N–H and O–H groups in total. The van der Waals surface area contributed by atoms with Gasteiger partial charge in [0.05, 0.1) is 5.56 Å². The average Bonchev–Trinajstić information content (AvgIpc) is 2.39. The molecule has 0 bridgehead atoms. The number of carbonyl (C=O) groups is 1.